The molecule has 2 rings (SSSR count). The zero-order chi connectivity index (χ0) is 16.6. The number of ether oxygens (including phenoxy) is 1. The summed E-state index contributed by atoms with van der Waals surface area (Å²) in [5, 5.41) is 0. The van der Waals surface area contributed by atoms with E-state index in [4.69, 9.17) is 4.74 Å². The Kier molecular flexibility index (Phi) is 4.55. The first-order chi connectivity index (χ1) is 10.3. The highest BCUT2D eigenvalue weighted by molar-refractivity contribution is 9.10. The minimum Gasteiger partial charge on any atom is -0.466 e. The first-order valence-electron chi connectivity index (χ1n) is 6.54. The number of urea groups is 1. The molecule has 5 nitrogen and oxygen atoms in total. The number of benzene rings is 1. The Labute approximate surface area is 136 Å². The van der Waals surface area contributed by atoms with E-state index in [9.17, 15) is 14.0 Å². The molecule has 0 fully saturated rings. The van der Waals surface area contributed by atoms with Crippen LogP contribution in [-0.4, -0.2) is 43.0 Å². The van der Waals surface area contributed by atoms with Crippen LogP contribution in [0.15, 0.2) is 33.9 Å². The summed E-state index contributed by atoms with van der Waals surface area (Å²) in [6.45, 7) is 1.64. The van der Waals surface area contributed by atoms with Crippen molar-refractivity contribution in [2.24, 2.45) is 0 Å². The van der Waals surface area contributed by atoms with Crippen LogP contribution in [0.3, 0.4) is 0 Å². The fourth-order valence-corrected chi connectivity index (χ4v) is 2.85. The smallest absolute Gasteiger partial charge is 0.337 e. The number of carbonyl (C=O) groups is 2. The third-order valence-corrected chi connectivity index (χ3v) is 4.30. The fourth-order valence-electron chi connectivity index (χ4n) is 2.52. The van der Waals surface area contributed by atoms with Crippen LogP contribution in [0.25, 0.3) is 0 Å². The van der Waals surface area contributed by atoms with Crippen LogP contribution in [0.5, 0.6) is 0 Å². The van der Waals surface area contributed by atoms with Crippen molar-refractivity contribution in [1.82, 2.24) is 9.80 Å². The lowest BCUT2D eigenvalue weighted by Crippen LogP contribution is -2.47. The van der Waals surface area contributed by atoms with Crippen molar-refractivity contribution in [3.05, 3.63) is 45.3 Å². The number of hydrogen-bond acceptors (Lipinski definition) is 3. The third kappa shape index (κ3) is 2.61. The zero-order valence-electron chi connectivity index (χ0n) is 12.7. The maximum Gasteiger partial charge on any atom is 0.337 e. The summed E-state index contributed by atoms with van der Waals surface area (Å²) in [7, 11) is 4.35. The number of esters is 1. The summed E-state index contributed by atoms with van der Waals surface area (Å²) in [6.07, 6.45) is 0. The first kappa shape index (κ1) is 16.5. The van der Waals surface area contributed by atoms with Crippen LogP contribution >= 0.6 is 15.9 Å². The molecule has 1 aromatic rings. The van der Waals surface area contributed by atoms with Gasteiger partial charge in [0.15, 0.2) is 0 Å². The molecule has 1 atom stereocenters. The quantitative estimate of drug-likeness (QED) is 0.751. The van der Waals surface area contributed by atoms with Gasteiger partial charge in [-0.15, -0.1) is 0 Å². The van der Waals surface area contributed by atoms with Crippen LogP contribution in [0.2, 0.25) is 0 Å². The largest absolute Gasteiger partial charge is 0.466 e. The number of methoxy groups -OCH3 is 1. The molecule has 1 aliphatic rings. The first-order valence-corrected chi connectivity index (χ1v) is 7.33. The van der Waals surface area contributed by atoms with Crippen molar-refractivity contribution >= 4 is 27.9 Å². The van der Waals surface area contributed by atoms with Gasteiger partial charge in [0.25, 0.3) is 0 Å². The molecule has 1 aromatic carbocycles. The molecule has 0 aliphatic carbocycles. The molecule has 0 N–H and O–H groups in total. The van der Waals surface area contributed by atoms with Crippen LogP contribution in [0.1, 0.15) is 18.5 Å². The average Bonchev–Trinajstić information content (AvgIpc) is 2.48. The number of rotatable bonds is 2. The Balaban J connectivity index is 2.68. The van der Waals surface area contributed by atoms with E-state index in [1.807, 2.05) is 0 Å². The molecular formula is C15H16BrFN2O3. The number of allylic oxidation sites excluding steroid dienone is 1. The van der Waals surface area contributed by atoms with E-state index < -0.39 is 17.8 Å². The van der Waals surface area contributed by atoms with Gasteiger partial charge in [0.05, 0.1) is 18.7 Å². The molecular weight excluding hydrogens is 355 g/mol. The van der Waals surface area contributed by atoms with Crippen LogP contribution in [0, 0.1) is 5.82 Å². The molecule has 0 saturated heterocycles. The maximum atomic E-state index is 14.3. The van der Waals surface area contributed by atoms with E-state index in [-0.39, 0.29) is 17.2 Å². The predicted molar refractivity (Wildman–Crippen MR) is 82.5 cm³/mol. The van der Waals surface area contributed by atoms with Gasteiger partial charge in [0, 0.05) is 29.8 Å². The van der Waals surface area contributed by atoms with E-state index in [0.717, 1.165) is 0 Å². The van der Waals surface area contributed by atoms with E-state index in [2.05, 4.69) is 15.9 Å². The summed E-state index contributed by atoms with van der Waals surface area (Å²) in [5.74, 6) is -1.09. The normalized spacial score (nSPS) is 18.8. The van der Waals surface area contributed by atoms with E-state index in [1.54, 1.807) is 26.1 Å². The van der Waals surface area contributed by atoms with E-state index in [0.29, 0.717) is 10.2 Å². The lowest BCUT2D eigenvalue weighted by molar-refractivity contribution is -0.137. The predicted octanol–water partition coefficient (Wildman–Crippen LogP) is 3.07. The number of hydrogen-bond donors (Lipinski definition) is 0. The van der Waals surface area contributed by atoms with Gasteiger partial charge in [-0.3, -0.25) is 0 Å². The number of amides is 2. The van der Waals surface area contributed by atoms with Gasteiger partial charge < -0.3 is 14.5 Å². The Morgan fingerprint density at radius 2 is 2.00 bits per heavy atom. The molecule has 0 spiro atoms. The van der Waals surface area contributed by atoms with Gasteiger partial charge in [-0.25, -0.2) is 14.0 Å². The van der Waals surface area contributed by atoms with Gasteiger partial charge in [-0.05, 0) is 19.1 Å². The van der Waals surface area contributed by atoms with Gasteiger partial charge in [0.2, 0.25) is 0 Å². The molecule has 0 bridgehead atoms. The summed E-state index contributed by atoms with van der Waals surface area (Å²) >= 11 is 3.19. The van der Waals surface area contributed by atoms with Gasteiger partial charge >= 0.3 is 12.0 Å². The number of nitrogens with zero attached hydrogens (tertiary/aromatic N) is 2. The lowest BCUT2D eigenvalue weighted by Gasteiger charge is -2.39. The number of likely N-dealkylation sites (N-methyl/N-ethyl adjacent to an activating group) is 1. The highest BCUT2D eigenvalue weighted by atomic mass is 79.9. The molecule has 0 radical (unpaired) electrons. The molecule has 2 amide bonds. The van der Waals surface area contributed by atoms with Crippen molar-refractivity contribution in [2.75, 3.05) is 21.2 Å². The molecule has 1 heterocycles. The maximum absolute atomic E-state index is 14.3. The van der Waals surface area contributed by atoms with Gasteiger partial charge in [-0.2, -0.15) is 0 Å². The third-order valence-electron chi connectivity index (χ3n) is 3.80. The minimum absolute atomic E-state index is 0.243. The van der Waals surface area contributed by atoms with Gasteiger partial charge in [-0.1, -0.05) is 22.0 Å². The number of halogens is 2. The molecule has 0 unspecified atom stereocenters. The number of carbonyl (C=O) groups excluding carboxylic acids is 2. The standard InChI is InChI=1S/C15H16BrFN2O3/c1-8-12(14(20)22-4)13(19(3)15(21)18(8)2)10-6-5-9(16)7-11(10)17/h5-7,13H,1-4H3/t13-/m1/s1. The van der Waals surface area contributed by atoms with Crippen molar-refractivity contribution < 1.29 is 18.7 Å². The Morgan fingerprint density at radius 3 is 2.55 bits per heavy atom. The van der Waals surface area contributed by atoms with Crippen LogP contribution in [-0.2, 0) is 9.53 Å². The van der Waals surface area contributed by atoms with Crippen molar-refractivity contribution in [3.63, 3.8) is 0 Å². The molecule has 1 aliphatic heterocycles. The molecule has 22 heavy (non-hydrogen) atoms. The molecule has 118 valence electrons. The SMILES string of the molecule is COC(=O)C1=C(C)N(C)C(=O)N(C)[C@@H]1c1ccc(Br)cc1F. The average molecular weight is 371 g/mol. The van der Waals surface area contributed by atoms with Crippen molar-refractivity contribution in [1.29, 1.82) is 0 Å². The second kappa shape index (κ2) is 6.08. The Bertz CT molecular complexity index is 675. The van der Waals surface area contributed by atoms with Gasteiger partial charge in [0.1, 0.15) is 5.82 Å². The molecule has 7 heteroatoms. The highest BCUT2D eigenvalue weighted by Gasteiger charge is 2.40. The molecule has 0 aromatic heterocycles. The second-order valence-electron chi connectivity index (χ2n) is 5.01. The van der Waals surface area contributed by atoms with Crippen molar-refractivity contribution in [3.8, 4) is 0 Å². The molecule has 0 saturated carbocycles. The monoisotopic (exact) mass is 370 g/mol. The second-order valence-corrected chi connectivity index (χ2v) is 5.93. The minimum atomic E-state index is -0.829. The topological polar surface area (TPSA) is 49.9 Å². The van der Waals surface area contributed by atoms with Crippen LogP contribution in [0.4, 0.5) is 9.18 Å². The summed E-state index contributed by atoms with van der Waals surface area (Å²) in [5.41, 5.74) is 0.933. The summed E-state index contributed by atoms with van der Waals surface area (Å²) in [6, 6.07) is 3.37. The summed E-state index contributed by atoms with van der Waals surface area (Å²) in [4.78, 5) is 27.1. The zero-order valence-corrected chi connectivity index (χ0v) is 14.3. The lowest BCUT2D eigenvalue weighted by atomic mass is 9.93. The highest BCUT2D eigenvalue weighted by Crippen LogP contribution is 2.37. The van der Waals surface area contributed by atoms with E-state index in [1.165, 1.54) is 30.0 Å². The Hall–Kier alpha value is -1.89. The van der Waals surface area contributed by atoms with Crippen LogP contribution < -0.4 is 0 Å². The summed E-state index contributed by atoms with van der Waals surface area (Å²) < 4.78 is 19.7. The Morgan fingerprint density at radius 1 is 1.36 bits per heavy atom. The van der Waals surface area contributed by atoms with Crippen molar-refractivity contribution in [2.45, 2.75) is 13.0 Å². The fraction of sp³-hybridized carbons (Fsp3) is 0.333. The van der Waals surface area contributed by atoms with E-state index >= 15 is 0 Å².